The Bertz CT molecular complexity index is 719. The number of fused-ring (bicyclic) bond motifs is 1. The molecule has 21 heavy (non-hydrogen) atoms. The summed E-state index contributed by atoms with van der Waals surface area (Å²) in [4.78, 5) is 0. The molecule has 0 saturated heterocycles. The summed E-state index contributed by atoms with van der Waals surface area (Å²) in [6.45, 7) is 0. The molecule has 2 unspecified atom stereocenters. The Balaban J connectivity index is 1.89. The van der Waals surface area contributed by atoms with E-state index in [1.807, 2.05) is 0 Å². The van der Waals surface area contributed by atoms with E-state index in [0.29, 0.717) is 5.92 Å². The molecule has 1 saturated carbocycles. The summed E-state index contributed by atoms with van der Waals surface area (Å²) in [5.41, 5.74) is 4.13. The van der Waals surface area contributed by atoms with Gasteiger partial charge in [-0.2, -0.15) is 0 Å². The molecule has 4 rings (SSSR count). The van der Waals surface area contributed by atoms with E-state index in [-0.39, 0.29) is 8.65 Å². The molecular formula is C18H13Br3. The fourth-order valence-corrected chi connectivity index (χ4v) is 7.62. The van der Waals surface area contributed by atoms with Crippen molar-refractivity contribution < 1.29 is 0 Å². The van der Waals surface area contributed by atoms with Crippen LogP contribution < -0.4 is 0 Å². The average molecular weight is 469 g/mol. The molecule has 2 aromatic rings. The molecule has 0 amide bonds. The van der Waals surface area contributed by atoms with Gasteiger partial charge in [0.2, 0.25) is 0 Å². The number of hydrogen-bond acceptors (Lipinski definition) is 0. The zero-order valence-corrected chi connectivity index (χ0v) is 15.9. The maximum absolute atomic E-state index is 3.94. The number of hydrogen-bond donors (Lipinski definition) is 0. The molecule has 1 fully saturated rings. The van der Waals surface area contributed by atoms with Crippen LogP contribution in [0.25, 0.3) is 5.57 Å². The van der Waals surface area contributed by atoms with Gasteiger partial charge in [-0.15, -0.1) is 0 Å². The van der Waals surface area contributed by atoms with Gasteiger partial charge in [-0.25, -0.2) is 0 Å². The van der Waals surface area contributed by atoms with Crippen molar-refractivity contribution in [2.75, 3.05) is 0 Å². The van der Waals surface area contributed by atoms with Crippen LogP contribution in [-0.2, 0) is 5.41 Å². The van der Waals surface area contributed by atoms with Gasteiger partial charge in [0.15, 0.2) is 0 Å². The number of halogens is 3. The van der Waals surface area contributed by atoms with Crippen LogP contribution in [0.5, 0.6) is 0 Å². The summed E-state index contributed by atoms with van der Waals surface area (Å²) in [6.07, 6.45) is 1.08. The molecule has 0 spiro atoms. The number of rotatable bonds is 2. The topological polar surface area (TPSA) is 0 Å². The molecule has 0 aliphatic heterocycles. The van der Waals surface area contributed by atoms with E-state index in [1.54, 1.807) is 0 Å². The second-order valence-electron chi connectivity index (χ2n) is 5.71. The van der Waals surface area contributed by atoms with Gasteiger partial charge in [0.05, 0.1) is 8.65 Å². The molecule has 106 valence electrons. The number of benzene rings is 2. The van der Waals surface area contributed by atoms with Crippen molar-refractivity contribution in [1.29, 1.82) is 0 Å². The number of alkyl halides is 2. The van der Waals surface area contributed by atoms with Crippen molar-refractivity contribution in [2.45, 2.75) is 15.1 Å². The van der Waals surface area contributed by atoms with Gasteiger partial charge in [-0.3, -0.25) is 0 Å². The first-order valence-corrected chi connectivity index (χ1v) is 9.36. The normalized spacial score (nSPS) is 29.4. The summed E-state index contributed by atoms with van der Waals surface area (Å²) >= 11 is 11.8. The maximum Gasteiger partial charge on any atom is 0.0994 e. The summed E-state index contributed by atoms with van der Waals surface area (Å²) in [7, 11) is 0. The van der Waals surface area contributed by atoms with Gasteiger partial charge in [-0.05, 0) is 23.1 Å². The van der Waals surface area contributed by atoms with Crippen LogP contribution in [0.3, 0.4) is 0 Å². The minimum atomic E-state index is -0.0362. The van der Waals surface area contributed by atoms with Gasteiger partial charge in [0, 0.05) is 10.4 Å². The Morgan fingerprint density at radius 2 is 1.43 bits per heavy atom. The standard InChI is InChI=1S/C18H13Br3/c19-16-14(12-7-3-1-4-8-12)11-15-17(16,18(15,20)21)13-9-5-2-6-10-13/h1-10,15H,11H2. The predicted molar refractivity (Wildman–Crippen MR) is 99.1 cm³/mol. The van der Waals surface area contributed by atoms with Crippen molar-refractivity contribution in [2.24, 2.45) is 5.92 Å². The Morgan fingerprint density at radius 3 is 2.05 bits per heavy atom. The quantitative estimate of drug-likeness (QED) is 0.457. The van der Waals surface area contributed by atoms with Crippen LogP contribution in [0.4, 0.5) is 0 Å². The molecule has 2 aliphatic carbocycles. The van der Waals surface area contributed by atoms with Crippen LogP contribution in [0, 0.1) is 5.92 Å². The van der Waals surface area contributed by atoms with E-state index in [4.69, 9.17) is 0 Å². The van der Waals surface area contributed by atoms with Crippen molar-refractivity contribution in [1.82, 2.24) is 0 Å². The fourth-order valence-electron chi connectivity index (χ4n) is 3.69. The van der Waals surface area contributed by atoms with Gasteiger partial charge >= 0.3 is 0 Å². The van der Waals surface area contributed by atoms with Gasteiger partial charge < -0.3 is 0 Å². The van der Waals surface area contributed by atoms with Crippen LogP contribution in [0.15, 0.2) is 65.1 Å². The third-order valence-electron chi connectivity index (χ3n) is 4.77. The first-order valence-electron chi connectivity index (χ1n) is 6.98. The van der Waals surface area contributed by atoms with E-state index in [1.165, 1.54) is 21.2 Å². The first-order chi connectivity index (χ1) is 10.1. The van der Waals surface area contributed by atoms with Crippen LogP contribution >= 0.6 is 47.8 Å². The Labute approximate surface area is 150 Å². The molecule has 0 nitrogen and oxygen atoms in total. The zero-order valence-electron chi connectivity index (χ0n) is 11.2. The molecule has 0 N–H and O–H groups in total. The van der Waals surface area contributed by atoms with E-state index in [9.17, 15) is 0 Å². The molecule has 2 atom stereocenters. The van der Waals surface area contributed by atoms with E-state index in [0.717, 1.165) is 6.42 Å². The summed E-state index contributed by atoms with van der Waals surface area (Å²) in [6, 6.07) is 21.5. The first kappa shape index (κ1) is 14.2. The van der Waals surface area contributed by atoms with E-state index >= 15 is 0 Å². The van der Waals surface area contributed by atoms with Crippen molar-refractivity contribution in [3.8, 4) is 0 Å². The predicted octanol–water partition coefficient (Wildman–Crippen LogP) is 6.25. The van der Waals surface area contributed by atoms with Crippen LogP contribution in [-0.4, -0.2) is 3.23 Å². The lowest BCUT2D eigenvalue weighted by molar-refractivity contribution is 0.772. The molecule has 0 radical (unpaired) electrons. The van der Waals surface area contributed by atoms with Crippen LogP contribution in [0.2, 0.25) is 0 Å². The highest BCUT2D eigenvalue weighted by atomic mass is 79.9. The maximum atomic E-state index is 3.94. The lowest BCUT2D eigenvalue weighted by atomic mass is 9.94. The largest absolute Gasteiger partial charge is 0.0994 e. The van der Waals surface area contributed by atoms with Crippen LogP contribution in [0.1, 0.15) is 17.5 Å². The smallest absolute Gasteiger partial charge is 0.0710 e. The lowest BCUT2D eigenvalue weighted by Crippen LogP contribution is -2.14. The lowest BCUT2D eigenvalue weighted by Gasteiger charge is -2.20. The van der Waals surface area contributed by atoms with Crippen molar-refractivity contribution in [3.63, 3.8) is 0 Å². The molecule has 0 heterocycles. The molecule has 0 bridgehead atoms. The second-order valence-corrected chi connectivity index (χ2v) is 10.1. The monoisotopic (exact) mass is 466 g/mol. The highest BCUT2D eigenvalue weighted by molar-refractivity contribution is 9.25. The highest BCUT2D eigenvalue weighted by Crippen LogP contribution is 2.81. The van der Waals surface area contributed by atoms with Crippen molar-refractivity contribution >= 4 is 53.4 Å². The van der Waals surface area contributed by atoms with E-state index in [2.05, 4.69) is 108 Å². The fraction of sp³-hybridized carbons (Fsp3) is 0.222. The third-order valence-corrected chi connectivity index (χ3v) is 8.23. The minimum absolute atomic E-state index is 0.0133. The van der Waals surface area contributed by atoms with Gasteiger partial charge in [0.1, 0.15) is 0 Å². The molecule has 3 heteroatoms. The Morgan fingerprint density at radius 1 is 0.857 bits per heavy atom. The number of allylic oxidation sites excluding steroid dienone is 2. The second kappa shape index (κ2) is 4.81. The van der Waals surface area contributed by atoms with Gasteiger partial charge in [0.25, 0.3) is 0 Å². The SMILES string of the molecule is BrC1=C(c2ccccc2)CC2C(Br)(Br)C12c1ccccc1. The average Bonchev–Trinajstić information content (AvgIpc) is 2.83. The van der Waals surface area contributed by atoms with E-state index < -0.39 is 0 Å². The zero-order chi connectivity index (χ0) is 14.7. The summed E-state index contributed by atoms with van der Waals surface area (Å²) < 4.78 is 1.28. The minimum Gasteiger partial charge on any atom is -0.0710 e. The molecular weight excluding hydrogens is 456 g/mol. The molecule has 0 aromatic heterocycles. The Kier molecular flexibility index (Phi) is 3.26. The highest BCUT2D eigenvalue weighted by Gasteiger charge is 2.79. The Hall–Kier alpha value is -0.380. The summed E-state index contributed by atoms with van der Waals surface area (Å²) in [5.74, 6) is 0.539. The van der Waals surface area contributed by atoms with Crippen molar-refractivity contribution in [3.05, 3.63) is 76.3 Å². The third kappa shape index (κ3) is 1.77. The molecule has 2 aliphatic rings. The van der Waals surface area contributed by atoms with Gasteiger partial charge in [-0.1, -0.05) is 108 Å². The molecule has 2 aromatic carbocycles. The summed E-state index contributed by atoms with van der Waals surface area (Å²) in [5, 5.41) is 0.